The van der Waals surface area contributed by atoms with Crippen LogP contribution in [0.2, 0.25) is 5.02 Å². The van der Waals surface area contributed by atoms with Crippen molar-refractivity contribution in [2.75, 3.05) is 38.0 Å². The molecule has 0 spiro atoms. The fourth-order valence-electron chi connectivity index (χ4n) is 2.87. The number of hydrogen-bond acceptors (Lipinski definition) is 5. The maximum absolute atomic E-state index is 12.9. The molecular weight excluding hydrogens is 328 g/mol. The van der Waals surface area contributed by atoms with Gasteiger partial charge >= 0.3 is 0 Å². The SMILES string of the molecule is CCNc1ccc(Cl)cc1C(=O)N1CCN(Cc2ccon2)CC1. The monoisotopic (exact) mass is 348 g/mol. The number of benzene rings is 1. The number of nitrogens with one attached hydrogen (secondary N) is 1. The number of aromatic nitrogens is 1. The van der Waals surface area contributed by atoms with Gasteiger partial charge in [-0.25, -0.2) is 0 Å². The number of nitrogens with zero attached hydrogens (tertiary/aromatic N) is 3. The number of piperazine rings is 1. The summed E-state index contributed by atoms with van der Waals surface area (Å²) in [6.45, 7) is 6.52. The van der Waals surface area contributed by atoms with E-state index in [0.717, 1.165) is 37.6 Å². The van der Waals surface area contributed by atoms with E-state index in [1.54, 1.807) is 18.4 Å². The van der Waals surface area contributed by atoms with E-state index in [1.807, 2.05) is 24.0 Å². The van der Waals surface area contributed by atoms with E-state index in [4.69, 9.17) is 16.1 Å². The van der Waals surface area contributed by atoms with Crippen molar-refractivity contribution in [1.29, 1.82) is 0 Å². The smallest absolute Gasteiger partial charge is 0.256 e. The lowest BCUT2D eigenvalue weighted by molar-refractivity contribution is 0.0626. The van der Waals surface area contributed by atoms with Crippen molar-refractivity contribution in [3.05, 3.63) is 46.8 Å². The van der Waals surface area contributed by atoms with Crippen LogP contribution in [0.25, 0.3) is 0 Å². The van der Waals surface area contributed by atoms with Crippen LogP contribution in [0.15, 0.2) is 35.1 Å². The molecule has 0 radical (unpaired) electrons. The molecule has 2 heterocycles. The molecule has 1 saturated heterocycles. The second-order valence-corrected chi connectivity index (χ2v) is 6.22. The molecule has 128 valence electrons. The molecule has 1 aliphatic rings. The van der Waals surface area contributed by atoms with Gasteiger partial charge in [0.15, 0.2) is 0 Å². The molecule has 1 fully saturated rings. The fourth-order valence-corrected chi connectivity index (χ4v) is 3.04. The van der Waals surface area contributed by atoms with Crippen LogP contribution >= 0.6 is 11.6 Å². The van der Waals surface area contributed by atoms with E-state index in [0.29, 0.717) is 23.7 Å². The first-order valence-electron chi connectivity index (χ1n) is 8.11. The van der Waals surface area contributed by atoms with Crippen LogP contribution in [-0.4, -0.2) is 53.6 Å². The number of halogens is 1. The summed E-state index contributed by atoms with van der Waals surface area (Å²) in [6, 6.07) is 7.27. The molecule has 2 aromatic rings. The minimum absolute atomic E-state index is 0.0227. The molecule has 24 heavy (non-hydrogen) atoms. The van der Waals surface area contributed by atoms with Crippen LogP contribution in [-0.2, 0) is 6.54 Å². The van der Waals surface area contributed by atoms with Crippen molar-refractivity contribution >= 4 is 23.2 Å². The van der Waals surface area contributed by atoms with Crippen LogP contribution in [0.4, 0.5) is 5.69 Å². The summed E-state index contributed by atoms with van der Waals surface area (Å²) in [6.07, 6.45) is 1.58. The van der Waals surface area contributed by atoms with Crippen LogP contribution in [0, 0.1) is 0 Å². The van der Waals surface area contributed by atoms with E-state index in [9.17, 15) is 4.79 Å². The predicted molar refractivity (Wildman–Crippen MR) is 93.3 cm³/mol. The van der Waals surface area contributed by atoms with Gasteiger partial charge in [0.1, 0.15) is 6.26 Å². The standard InChI is InChI=1S/C17H21ClN4O2/c1-2-19-16-4-3-13(18)11-15(16)17(23)22-8-6-21(7-9-22)12-14-5-10-24-20-14/h3-5,10-11,19H,2,6-9,12H2,1H3. The summed E-state index contributed by atoms with van der Waals surface area (Å²) in [4.78, 5) is 17.0. The van der Waals surface area contributed by atoms with Gasteiger partial charge in [-0.3, -0.25) is 9.69 Å². The first-order valence-corrected chi connectivity index (χ1v) is 8.49. The predicted octanol–water partition coefficient (Wildman–Crippen LogP) is 2.72. The third-order valence-electron chi connectivity index (χ3n) is 4.12. The quantitative estimate of drug-likeness (QED) is 0.900. The average Bonchev–Trinajstić information content (AvgIpc) is 3.10. The lowest BCUT2D eigenvalue weighted by Crippen LogP contribution is -2.48. The Hall–Kier alpha value is -2.05. The third kappa shape index (κ3) is 3.88. The van der Waals surface area contributed by atoms with Gasteiger partial charge in [0.2, 0.25) is 0 Å². The zero-order valence-electron chi connectivity index (χ0n) is 13.7. The maximum Gasteiger partial charge on any atom is 0.256 e. The zero-order chi connectivity index (χ0) is 16.9. The topological polar surface area (TPSA) is 61.6 Å². The summed E-state index contributed by atoms with van der Waals surface area (Å²) >= 11 is 6.08. The first-order chi connectivity index (χ1) is 11.7. The number of rotatable bonds is 5. The van der Waals surface area contributed by atoms with Crippen LogP contribution < -0.4 is 5.32 Å². The van der Waals surface area contributed by atoms with Crippen LogP contribution in [0.3, 0.4) is 0 Å². The maximum atomic E-state index is 12.9. The van der Waals surface area contributed by atoms with E-state index in [-0.39, 0.29) is 5.91 Å². The second kappa shape index (κ2) is 7.68. The number of carbonyl (C=O) groups is 1. The van der Waals surface area contributed by atoms with Gasteiger partial charge in [-0.1, -0.05) is 16.8 Å². The summed E-state index contributed by atoms with van der Waals surface area (Å²) in [7, 11) is 0. The van der Waals surface area contributed by atoms with Gasteiger partial charge in [0.25, 0.3) is 5.91 Å². The normalized spacial score (nSPS) is 15.5. The highest BCUT2D eigenvalue weighted by Crippen LogP contribution is 2.23. The van der Waals surface area contributed by atoms with E-state index < -0.39 is 0 Å². The minimum Gasteiger partial charge on any atom is -0.385 e. The molecule has 1 N–H and O–H groups in total. The van der Waals surface area contributed by atoms with Crippen molar-refractivity contribution < 1.29 is 9.32 Å². The van der Waals surface area contributed by atoms with Gasteiger partial charge in [0.05, 0.1) is 11.3 Å². The number of anilines is 1. The fraction of sp³-hybridized carbons (Fsp3) is 0.412. The van der Waals surface area contributed by atoms with Crippen LogP contribution in [0.1, 0.15) is 23.0 Å². The first kappa shape index (κ1) is 16.8. The second-order valence-electron chi connectivity index (χ2n) is 5.78. The third-order valence-corrected chi connectivity index (χ3v) is 4.35. The molecule has 1 amide bonds. The van der Waals surface area contributed by atoms with Crippen molar-refractivity contribution in [2.24, 2.45) is 0 Å². The van der Waals surface area contributed by atoms with Gasteiger partial charge in [-0.05, 0) is 25.1 Å². The number of amides is 1. The van der Waals surface area contributed by atoms with Gasteiger partial charge < -0.3 is 14.7 Å². The Labute approximate surface area is 146 Å². The number of carbonyl (C=O) groups excluding carboxylic acids is 1. The lowest BCUT2D eigenvalue weighted by Gasteiger charge is -2.34. The van der Waals surface area contributed by atoms with Crippen molar-refractivity contribution in [2.45, 2.75) is 13.5 Å². The van der Waals surface area contributed by atoms with Crippen LogP contribution in [0.5, 0.6) is 0 Å². The minimum atomic E-state index is 0.0227. The average molecular weight is 349 g/mol. The highest BCUT2D eigenvalue weighted by molar-refractivity contribution is 6.31. The van der Waals surface area contributed by atoms with Gasteiger partial charge in [-0.2, -0.15) is 0 Å². The molecule has 0 bridgehead atoms. The Kier molecular flexibility index (Phi) is 5.37. The molecule has 1 aromatic carbocycles. The molecule has 3 rings (SSSR count). The molecule has 1 aromatic heterocycles. The Bertz CT molecular complexity index is 682. The van der Waals surface area contributed by atoms with E-state index in [1.165, 1.54) is 0 Å². The summed E-state index contributed by atoms with van der Waals surface area (Å²) in [5.74, 6) is 0.0227. The Morgan fingerprint density at radius 1 is 1.29 bits per heavy atom. The Balaban J connectivity index is 1.64. The Morgan fingerprint density at radius 2 is 2.08 bits per heavy atom. The Morgan fingerprint density at radius 3 is 2.75 bits per heavy atom. The molecule has 1 aliphatic heterocycles. The molecule has 6 nitrogen and oxygen atoms in total. The van der Waals surface area contributed by atoms with Crippen molar-refractivity contribution in [3.63, 3.8) is 0 Å². The summed E-state index contributed by atoms with van der Waals surface area (Å²) in [5, 5.41) is 7.73. The molecule has 0 atom stereocenters. The highest BCUT2D eigenvalue weighted by atomic mass is 35.5. The van der Waals surface area contributed by atoms with Gasteiger partial charge in [0, 0.05) is 56.0 Å². The molecule has 0 aliphatic carbocycles. The van der Waals surface area contributed by atoms with Crippen molar-refractivity contribution in [3.8, 4) is 0 Å². The molecular formula is C17H21ClN4O2. The molecule has 0 saturated carbocycles. The number of hydrogen-bond donors (Lipinski definition) is 1. The zero-order valence-corrected chi connectivity index (χ0v) is 14.4. The summed E-state index contributed by atoms with van der Waals surface area (Å²) in [5.41, 5.74) is 2.38. The summed E-state index contributed by atoms with van der Waals surface area (Å²) < 4.78 is 4.86. The van der Waals surface area contributed by atoms with Crippen molar-refractivity contribution in [1.82, 2.24) is 15.0 Å². The highest BCUT2D eigenvalue weighted by Gasteiger charge is 2.24. The molecule has 7 heteroatoms. The van der Waals surface area contributed by atoms with Gasteiger partial charge in [-0.15, -0.1) is 0 Å². The lowest BCUT2D eigenvalue weighted by atomic mass is 10.1. The molecule has 0 unspecified atom stereocenters. The largest absolute Gasteiger partial charge is 0.385 e. The van der Waals surface area contributed by atoms with E-state index >= 15 is 0 Å². The van der Waals surface area contributed by atoms with E-state index in [2.05, 4.69) is 15.4 Å².